The average molecular weight is 540 g/mol. The maximum absolute atomic E-state index is 12.9. The summed E-state index contributed by atoms with van der Waals surface area (Å²) in [4.78, 5) is 50.5. The number of carbonyl (C=O) groups excluding carboxylic acids is 4. The Balaban J connectivity index is 1.97. The first-order chi connectivity index (χ1) is 18.5. The molecular formula is C27H24O12. The highest BCUT2D eigenvalue weighted by Gasteiger charge is 2.67. The first-order valence-electron chi connectivity index (χ1n) is 11.3. The van der Waals surface area contributed by atoms with Gasteiger partial charge in [0.25, 0.3) is 0 Å². The molecule has 0 amide bonds. The van der Waals surface area contributed by atoms with Crippen molar-refractivity contribution in [3.05, 3.63) is 108 Å². The topological polar surface area (TPSA) is 186 Å². The van der Waals surface area contributed by atoms with Crippen LogP contribution in [0.15, 0.2) is 91.0 Å². The van der Waals surface area contributed by atoms with Crippen LogP contribution in [0.4, 0.5) is 0 Å². The fourth-order valence-electron chi connectivity index (χ4n) is 3.28. The van der Waals surface area contributed by atoms with Crippen molar-refractivity contribution in [2.24, 2.45) is 0 Å². The third kappa shape index (κ3) is 6.34. The molecule has 4 N–H and O–H groups in total. The van der Waals surface area contributed by atoms with Gasteiger partial charge in [0, 0.05) is 7.11 Å². The molecule has 39 heavy (non-hydrogen) atoms. The third-order valence-electron chi connectivity index (χ3n) is 5.42. The zero-order valence-corrected chi connectivity index (χ0v) is 20.4. The number of benzene rings is 3. The number of rotatable bonds is 10. The molecule has 0 aliphatic rings. The lowest BCUT2D eigenvalue weighted by atomic mass is 9.98. The summed E-state index contributed by atoms with van der Waals surface area (Å²) in [5.74, 6) is -13.7. The van der Waals surface area contributed by atoms with Crippen molar-refractivity contribution in [3.63, 3.8) is 0 Å². The van der Waals surface area contributed by atoms with Gasteiger partial charge < -0.3 is 39.4 Å². The van der Waals surface area contributed by atoms with Crippen molar-refractivity contribution >= 4 is 23.9 Å². The van der Waals surface area contributed by atoms with Crippen molar-refractivity contribution in [2.45, 2.75) is 24.0 Å². The molecule has 0 aromatic heterocycles. The van der Waals surface area contributed by atoms with Gasteiger partial charge in [0.15, 0.2) is 6.10 Å². The highest BCUT2D eigenvalue weighted by atomic mass is 16.8. The number of aliphatic hydroxyl groups is 4. The fourth-order valence-corrected chi connectivity index (χ4v) is 3.28. The number of carbonyl (C=O) groups is 4. The standard InChI is InChI=1S/C27H24O12/c1-36-27(35,25(33)38-22(30)18-13-7-3-8-14-18)26(34,39-23(31)19-15-9-4-10-16-19)20(28)24(32)37-21(29)17-11-5-2-6-12-17/h2-16,20,24,28,32,34-35H,1H3/t20-,24?,26+,27-/m1/s1. The predicted molar refractivity (Wildman–Crippen MR) is 130 cm³/mol. The van der Waals surface area contributed by atoms with E-state index in [0.29, 0.717) is 7.11 Å². The molecule has 0 saturated heterocycles. The highest BCUT2D eigenvalue weighted by molar-refractivity contribution is 5.99. The fraction of sp³-hybridized carbons (Fsp3) is 0.185. The van der Waals surface area contributed by atoms with Gasteiger partial charge in [-0.1, -0.05) is 54.6 Å². The molecule has 4 atom stereocenters. The maximum atomic E-state index is 12.9. The molecule has 0 heterocycles. The molecule has 204 valence electrons. The molecule has 0 bridgehead atoms. The smallest absolute Gasteiger partial charge is 0.382 e. The van der Waals surface area contributed by atoms with E-state index in [2.05, 4.69) is 9.47 Å². The minimum Gasteiger partial charge on any atom is -0.429 e. The van der Waals surface area contributed by atoms with Gasteiger partial charge in [-0.3, -0.25) is 0 Å². The van der Waals surface area contributed by atoms with Gasteiger partial charge in [-0.15, -0.1) is 0 Å². The third-order valence-corrected chi connectivity index (χ3v) is 5.42. The lowest BCUT2D eigenvalue weighted by Crippen LogP contribution is -2.71. The van der Waals surface area contributed by atoms with E-state index in [-0.39, 0.29) is 16.7 Å². The van der Waals surface area contributed by atoms with Crippen LogP contribution in [0, 0.1) is 0 Å². The zero-order valence-electron chi connectivity index (χ0n) is 20.4. The van der Waals surface area contributed by atoms with Crippen LogP contribution < -0.4 is 0 Å². The number of aliphatic hydroxyl groups excluding tert-OH is 2. The maximum Gasteiger partial charge on any atom is 0.382 e. The van der Waals surface area contributed by atoms with Gasteiger partial charge in [0.05, 0.1) is 16.7 Å². The molecule has 0 aliphatic heterocycles. The Bertz CT molecular complexity index is 1300. The van der Waals surface area contributed by atoms with E-state index in [0.717, 1.165) is 0 Å². The van der Waals surface area contributed by atoms with E-state index < -0.39 is 47.8 Å². The summed E-state index contributed by atoms with van der Waals surface area (Å²) in [7, 11) is 0.644. The van der Waals surface area contributed by atoms with E-state index in [1.165, 1.54) is 72.8 Å². The van der Waals surface area contributed by atoms with Crippen LogP contribution in [0.5, 0.6) is 0 Å². The van der Waals surface area contributed by atoms with E-state index in [1.54, 1.807) is 18.2 Å². The Kier molecular flexibility index (Phi) is 9.24. The van der Waals surface area contributed by atoms with Crippen LogP contribution in [0.1, 0.15) is 31.1 Å². The molecule has 3 aromatic rings. The SMILES string of the molecule is CO[C@](O)(C(=O)OC(=O)c1ccccc1)[C@@](O)(OC(=O)c1ccccc1)[C@H](O)C(O)OC(=O)c1ccccc1. The van der Waals surface area contributed by atoms with E-state index in [9.17, 15) is 39.6 Å². The molecule has 1 unspecified atom stereocenters. The summed E-state index contributed by atoms with van der Waals surface area (Å²) >= 11 is 0. The van der Waals surface area contributed by atoms with E-state index >= 15 is 0 Å². The van der Waals surface area contributed by atoms with Crippen LogP contribution in [0.3, 0.4) is 0 Å². The van der Waals surface area contributed by atoms with Crippen molar-refractivity contribution in [1.82, 2.24) is 0 Å². The number of esters is 4. The van der Waals surface area contributed by atoms with Gasteiger partial charge in [0.1, 0.15) is 0 Å². The number of hydrogen-bond acceptors (Lipinski definition) is 12. The van der Waals surface area contributed by atoms with Gasteiger partial charge >= 0.3 is 35.5 Å². The lowest BCUT2D eigenvalue weighted by molar-refractivity contribution is -0.390. The van der Waals surface area contributed by atoms with Crippen molar-refractivity contribution in [1.29, 1.82) is 0 Å². The Morgan fingerprint density at radius 3 is 1.51 bits per heavy atom. The largest absolute Gasteiger partial charge is 0.429 e. The van der Waals surface area contributed by atoms with Crippen LogP contribution in [0.25, 0.3) is 0 Å². The average Bonchev–Trinajstić information content (AvgIpc) is 2.97. The molecule has 12 nitrogen and oxygen atoms in total. The second kappa shape index (κ2) is 12.4. The van der Waals surface area contributed by atoms with Gasteiger partial charge in [-0.05, 0) is 36.4 Å². The summed E-state index contributed by atoms with van der Waals surface area (Å²) < 4.78 is 18.9. The van der Waals surface area contributed by atoms with E-state index in [1.807, 2.05) is 0 Å². The molecular weight excluding hydrogens is 516 g/mol. The normalized spacial score (nSPS) is 15.5. The van der Waals surface area contributed by atoms with Gasteiger partial charge in [-0.2, -0.15) is 0 Å². The first-order valence-corrected chi connectivity index (χ1v) is 11.3. The van der Waals surface area contributed by atoms with Crippen molar-refractivity contribution in [3.8, 4) is 0 Å². The van der Waals surface area contributed by atoms with Gasteiger partial charge in [0.2, 0.25) is 6.29 Å². The van der Waals surface area contributed by atoms with Crippen LogP contribution in [-0.2, 0) is 23.7 Å². The van der Waals surface area contributed by atoms with Crippen LogP contribution in [0.2, 0.25) is 0 Å². The first kappa shape index (κ1) is 29.1. The number of methoxy groups -OCH3 is 1. The summed E-state index contributed by atoms with van der Waals surface area (Å²) in [5, 5.41) is 43.6. The Hall–Kier alpha value is -4.46. The molecule has 12 heteroatoms. The lowest BCUT2D eigenvalue weighted by Gasteiger charge is -2.41. The Morgan fingerprint density at radius 1 is 0.667 bits per heavy atom. The molecule has 0 saturated carbocycles. The monoisotopic (exact) mass is 540 g/mol. The quantitative estimate of drug-likeness (QED) is 0.123. The molecule has 0 fully saturated rings. The Morgan fingerprint density at radius 2 is 1.08 bits per heavy atom. The summed E-state index contributed by atoms with van der Waals surface area (Å²) in [6, 6.07) is 21.0. The molecule has 0 spiro atoms. The van der Waals surface area contributed by atoms with Gasteiger partial charge in [-0.25, -0.2) is 19.2 Å². The minimum absolute atomic E-state index is 0.0801. The highest BCUT2D eigenvalue weighted by Crippen LogP contribution is 2.33. The number of hydrogen-bond donors (Lipinski definition) is 4. The van der Waals surface area contributed by atoms with Crippen molar-refractivity contribution in [2.75, 3.05) is 7.11 Å². The van der Waals surface area contributed by atoms with Crippen LogP contribution in [-0.4, -0.2) is 75.4 Å². The molecule has 0 aliphatic carbocycles. The second-order valence-corrected chi connectivity index (χ2v) is 7.95. The summed E-state index contributed by atoms with van der Waals surface area (Å²) in [6.07, 6.45) is -5.67. The van der Waals surface area contributed by atoms with Crippen LogP contribution >= 0.6 is 0 Å². The predicted octanol–water partition coefficient (Wildman–Crippen LogP) is 0.787. The zero-order chi connectivity index (χ0) is 28.6. The summed E-state index contributed by atoms with van der Waals surface area (Å²) in [5.41, 5.74) is -0.457. The summed E-state index contributed by atoms with van der Waals surface area (Å²) in [6.45, 7) is 0. The molecule has 3 rings (SSSR count). The van der Waals surface area contributed by atoms with Crippen molar-refractivity contribution < 1.29 is 58.6 Å². The van der Waals surface area contributed by atoms with E-state index in [4.69, 9.17) is 9.47 Å². The number of ether oxygens (including phenoxy) is 4. The Labute approximate surface area is 221 Å². The minimum atomic E-state index is -3.92. The molecule has 3 aromatic carbocycles. The second-order valence-electron chi connectivity index (χ2n) is 7.95. The molecule has 0 radical (unpaired) electrons.